The predicted molar refractivity (Wildman–Crippen MR) is 58.4 cm³/mol. The third-order valence-corrected chi connectivity index (χ3v) is 2.95. The number of carboxylic acids is 1. The summed E-state index contributed by atoms with van der Waals surface area (Å²) in [5.74, 6) is -1.62. The number of alkyl halides is 3. The highest BCUT2D eigenvalue weighted by Gasteiger charge is 2.24. The molecule has 1 aromatic heterocycles. The number of aromatic carboxylic acids is 1. The number of pyridine rings is 1. The van der Waals surface area contributed by atoms with Crippen LogP contribution in [-0.2, 0) is 5.88 Å². The van der Waals surface area contributed by atoms with Gasteiger partial charge in [-0.05, 0) is 22.6 Å². The lowest BCUT2D eigenvalue weighted by molar-refractivity contribution is 0.0683. The Hall–Kier alpha value is -0.500. The van der Waals surface area contributed by atoms with Crippen LogP contribution in [0, 0.1) is 3.70 Å². The van der Waals surface area contributed by atoms with Gasteiger partial charge in [0, 0.05) is 17.3 Å². The Morgan fingerprint density at radius 2 is 2.27 bits per heavy atom. The lowest BCUT2D eigenvalue weighted by Gasteiger charge is -2.10. The van der Waals surface area contributed by atoms with Crippen LogP contribution >= 0.6 is 34.2 Å². The van der Waals surface area contributed by atoms with E-state index in [0.29, 0.717) is 3.70 Å². The number of hydrogen-bond donors (Lipinski definition) is 1. The maximum Gasteiger partial charge on any atom is 0.337 e. The van der Waals surface area contributed by atoms with Gasteiger partial charge in [0.2, 0.25) is 0 Å². The number of carboxylic acid groups (broad SMARTS) is 1. The molecule has 1 rings (SSSR count). The van der Waals surface area contributed by atoms with Gasteiger partial charge in [-0.1, -0.05) is 0 Å². The molecule has 0 fully saturated rings. The number of aromatic nitrogens is 1. The monoisotopic (exact) mass is 347 g/mol. The first-order valence-electron chi connectivity index (χ1n) is 3.73. The lowest BCUT2D eigenvalue weighted by Crippen LogP contribution is -2.09. The first-order chi connectivity index (χ1) is 6.99. The highest BCUT2D eigenvalue weighted by molar-refractivity contribution is 14.1. The summed E-state index contributed by atoms with van der Waals surface area (Å²) < 4.78 is 25.6. The predicted octanol–water partition coefficient (Wildman–Crippen LogP) is 3.06. The van der Waals surface area contributed by atoms with Gasteiger partial charge < -0.3 is 5.11 Å². The van der Waals surface area contributed by atoms with E-state index in [9.17, 15) is 13.6 Å². The summed E-state index contributed by atoms with van der Waals surface area (Å²) in [7, 11) is 0. The Bertz CT molecular complexity index is 400. The summed E-state index contributed by atoms with van der Waals surface area (Å²) in [5.41, 5.74) is -0.967. The minimum absolute atomic E-state index is 0.0761. The molecule has 0 aliphatic rings. The van der Waals surface area contributed by atoms with Crippen molar-refractivity contribution in [1.82, 2.24) is 4.98 Å². The number of rotatable bonds is 3. The van der Waals surface area contributed by atoms with E-state index >= 15 is 0 Å². The van der Waals surface area contributed by atoms with Gasteiger partial charge in [-0.3, -0.25) is 0 Å². The normalized spacial score (nSPS) is 10.7. The van der Waals surface area contributed by atoms with Crippen LogP contribution in [0.5, 0.6) is 0 Å². The van der Waals surface area contributed by atoms with Crippen LogP contribution in [0.25, 0.3) is 0 Å². The van der Waals surface area contributed by atoms with Gasteiger partial charge in [0.25, 0.3) is 6.43 Å². The fraction of sp³-hybridized carbons (Fsp3) is 0.250. The van der Waals surface area contributed by atoms with Crippen molar-refractivity contribution in [1.29, 1.82) is 0 Å². The van der Waals surface area contributed by atoms with Crippen molar-refractivity contribution in [3.05, 3.63) is 26.6 Å². The summed E-state index contributed by atoms with van der Waals surface area (Å²) in [6.45, 7) is 0. The fourth-order valence-corrected chi connectivity index (χ4v) is 2.21. The zero-order chi connectivity index (χ0) is 11.6. The molecule has 1 aromatic rings. The maximum atomic E-state index is 12.7. The Balaban J connectivity index is 3.49. The molecule has 0 aliphatic heterocycles. The average molecular weight is 347 g/mol. The van der Waals surface area contributed by atoms with E-state index in [4.69, 9.17) is 16.7 Å². The van der Waals surface area contributed by atoms with Gasteiger partial charge in [0.15, 0.2) is 0 Å². The van der Waals surface area contributed by atoms with Gasteiger partial charge in [0.05, 0.1) is 11.4 Å². The highest BCUT2D eigenvalue weighted by Crippen LogP contribution is 2.29. The van der Waals surface area contributed by atoms with E-state index in [0.717, 1.165) is 6.20 Å². The van der Waals surface area contributed by atoms with E-state index in [1.807, 2.05) is 0 Å². The van der Waals surface area contributed by atoms with Crippen molar-refractivity contribution in [3.8, 4) is 0 Å². The molecule has 0 unspecified atom stereocenters. The van der Waals surface area contributed by atoms with Gasteiger partial charge in [-0.15, -0.1) is 11.6 Å². The van der Waals surface area contributed by atoms with E-state index < -0.39 is 23.5 Å². The molecule has 1 N–H and O–H groups in total. The Morgan fingerprint density at radius 1 is 1.67 bits per heavy atom. The van der Waals surface area contributed by atoms with Crippen LogP contribution in [-0.4, -0.2) is 16.1 Å². The van der Waals surface area contributed by atoms with Crippen LogP contribution in [0.2, 0.25) is 0 Å². The smallest absolute Gasteiger partial charge is 0.337 e. The molecule has 0 saturated carbocycles. The lowest BCUT2D eigenvalue weighted by atomic mass is 10.1. The average Bonchev–Trinajstić information content (AvgIpc) is 2.16. The highest BCUT2D eigenvalue weighted by atomic mass is 127. The second-order valence-electron chi connectivity index (χ2n) is 2.59. The van der Waals surface area contributed by atoms with Gasteiger partial charge in [0.1, 0.15) is 3.70 Å². The summed E-state index contributed by atoms with van der Waals surface area (Å²) in [4.78, 5) is 14.4. The molecule has 7 heteroatoms. The molecule has 0 bridgehead atoms. The number of nitrogens with zero attached hydrogens (tertiary/aromatic N) is 1. The molecule has 82 valence electrons. The second kappa shape index (κ2) is 5.02. The zero-order valence-corrected chi connectivity index (χ0v) is 10.1. The van der Waals surface area contributed by atoms with E-state index in [1.165, 1.54) is 0 Å². The molecular formula is C8H5ClF2INO2. The zero-order valence-electron chi connectivity index (χ0n) is 7.18. The SMILES string of the molecule is O=C(O)c1cnc(I)c(CCl)c1C(F)F. The van der Waals surface area contributed by atoms with E-state index in [2.05, 4.69) is 4.98 Å². The first-order valence-corrected chi connectivity index (χ1v) is 5.35. The van der Waals surface area contributed by atoms with Crippen molar-refractivity contribution < 1.29 is 18.7 Å². The van der Waals surface area contributed by atoms with Crippen molar-refractivity contribution >= 4 is 40.2 Å². The van der Waals surface area contributed by atoms with Crippen molar-refractivity contribution in [3.63, 3.8) is 0 Å². The molecule has 0 aliphatic carbocycles. The molecule has 0 aromatic carbocycles. The minimum Gasteiger partial charge on any atom is -0.478 e. The van der Waals surface area contributed by atoms with Crippen LogP contribution < -0.4 is 0 Å². The fourth-order valence-electron chi connectivity index (χ4n) is 1.09. The third kappa shape index (κ3) is 2.54. The van der Waals surface area contributed by atoms with Gasteiger partial charge >= 0.3 is 5.97 Å². The Labute approximate surface area is 103 Å². The molecule has 0 spiro atoms. The van der Waals surface area contributed by atoms with Gasteiger partial charge in [-0.2, -0.15) is 0 Å². The Morgan fingerprint density at radius 3 is 2.67 bits per heavy atom. The first kappa shape index (κ1) is 12.6. The molecule has 0 saturated heterocycles. The Kier molecular flexibility index (Phi) is 4.21. The number of halogens is 4. The standard InChI is InChI=1S/C8H5ClF2INO2/c9-1-3-5(6(10)11)4(8(14)15)2-13-7(3)12/h2,6H,1H2,(H,14,15). The molecule has 15 heavy (non-hydrogen) atoms. The van der Waals surface area contributed by atoms with Crippen molar-refractivity contribution in [2.75, 3.05) is 0 Å². The number of carbonyl (C=O) groups is 1. The molecule has 0 amide bonds. The van der Waals surface area contributed by atoms with Crippen LogP contribution in [0.15, 0.2) is 6.20 Å². The van der Waals surface area contributed by atoms with Crippen molar-refractivity contribution in [2.24, 2.45) is 0 Å². The minimum atomic E-state index is -2.87. The van der Waals surface area contributed by atoms with E-state index in [-0.39, 0.29) is 11.4 Å². The molecule has 3 nitrogen and oxygen atoms in total. The number of hydrogen-bond acceptors (Lipinski definition) is 2. The van der Waals surface area contributed by atoms with Crippen molar-refractivity contribution in [2.45, 2.75) is 12.3 Å². The summed E-state index contributed by atoms with van der Waals surface area (Å²) >= 11 is 7.22. The largest absolute Gasteiger partial charge is 0.478 e. The summed E-state index contributed by atoms with van der Waals surface area (Å²) in [5, 5.41) is 8.71. The molecule has 0 atom stereocenters. The quantitative estimate of drug-likeness (QED) is 0.519. The topological polar surface area (TPSA) is 50.2 Å². The van der Waals surface area contributed by atoms with Crippen LogP contribution in [0.1, 0.15) is 27.9 Å². The van der Waals surface area contributed by atoms with E-state index in [1.54, 1.807) is 22.6 Å². The molecular weight excluding hydrogens is 342 g/mol. The van der Waals surface area contributed by atoms with Crippen LogP contribution in [0.4, 0.5) is 8.78 Å². The van der Waals surface area contributed by atoms with Crippen LogP contribution in [0.3, 0.4) is 0 Å². The molecule has 1 heterocycles. The maximum absolute atomic E-state index is 12.7. The second-order valence-corrected chi connectivity index (χ2v) is 3.88. The molecule has 0 radical (unpaired) electrons. The summed E-state index contributed by atoms with van der Waals surface area (Å²) in [6, 6.07) is 0. The van der Waals surface area contributed by atoms with Gasteiger partial charge in [-0.25, -0.2) is 18.6 Å². The third-order valence-electron chi connectivity index (χ3n) is 1.75. The summed E-state index contributed by atoms with van der Waals surface area (Å²) in [6.07, 6.45) is -1.96.